The average molecular weight is 311 g/mol. The number of nitrogens with one attached hydrogen (secondary N) is 2. The Hall–Kier alpha value is -1.29. The molecule has 0 bridgehead atoms. The fourth-order valence-electron chi connectivity index (χ4n) is 1.35. The van der Waals surface area contributed by atoms with Gasteiger partial charge in [-0.2, -0.15) is 0 Å². The molecule has 0 saturated carbocycles. The Morgan fingerprint density at radius 2 is 2.11 bits per heavy atom. The van der Waals surface area contributed by atoms with Crippen LogP contribution in [0.4, 0.5) is 4.79 Å². The zero-order valence-corrected chi connectivity index (χ0v) is 12.4. The molecule has 0 aliphatic carbocycles. The summed E-state index contributed by atoms with van der Waals surface area (Å²) in [5, 5.41) is 5.53. The van der Waals surface area contributed by atoms with Crippen molar-refractivity contribution in [3.8, 4) is 0 Å². The SMILES string of the molecule is CC/C(C)=C/NC(=O)NCCc1ccccc1Br. The predicted molar refractivity (Wildman–Crippen MR) is 78.4 cm³/mol. The van der Waals surface area contributed by atoms with Gasteiger partial charge in [0.05, 0.1) is 0 Å². The molecule has 4 heteroatoms. The second-order valence-corrected chi connectivity index (χ2v) is 4.94. The normalized spacial score (nSPS) is 11.2. The molecule has 0 saturated heterocycles. The maximum absolute atomic E-state index is 11.5. The minimum atomic E-state index is -0.158. The van der Waals surface area contributed by atoms with Crippen LogP contribution in [0.2, 0.25) is 0 Å². The molecule has 0 atom stereocenters. The first-order valence-electron chi connectivity index (χ1n) is 6.07. The maximum Gasteiger partial charge on any atom is 0.318 e. The van der Waals surface area contributed by atoms with Gasteiger partial charge in [-0.3, -0.25) is 0 Å². The Labute approximate surface area is 117 Å². The van der Waals surface area contributed by atoms with E-state index in [1.165, 1.54) is 5.56 Å². The molecule has 0 aliphatic rings. The van der Waals surface area contributed by atoms with Gasteiger partial charge in [0.15, 0.2) is 0 Å². The number of rotatable bonds is 5. The van der Waals surface area contributed by atoms with E-state index in [1.807, 2.05) is 31.2 Å². The van der Waals surface area contributed by atoms with Gasteiger partial charge in [0.25, 0.3) is 0 Å². The number of amides is 2. The third-order valence-corrected chi connectivity index (χ3v) is 3.42. The summed E-state index contributed by atoms with van der Waals surface area (Å²) < 4.78 is 1.08. The Morgan fingerprint density at radius 1 is 1.39 bits per heavy atom. The van der Waals surface area contributed by atoms with Gasteiger partial charge >= 0.3 is 6.03 Å². The maximum atomic E-state index is 11.5. The van der Waals surface area contributed by atoms with Crippen LogP contribution >= 0.6 is 15.9 Å². The lowest BCUT2D eigenvalue weighted by atomic mass is 10.1. The molecule has 0 unspecified atom stereocenters. The molecule has 1 aromatic carbocycles. The molecule has 2 amide bonds. The summed E-state index contributed by atoms with van der Waals surface area (Å²) >= 11 is 3.48. The third kappa shape index (κ3) is 5.36. The van der Waals surface area contributed by atoms with Crippen LogP contribution in [-0.4, -0.2) is 12.6 Å². The highest BCUT2D eigenvalue weighted by Gasteiger charge is 2.00. The Balaban J connectivity index is 2.30. The van der Waals surface area contributed by atoms with Crippen LogP contribution in [0.25, 0.3) is 0 Å². The first kappa shape index (κ1) is 14.8. The summed E-state index contributed by atoms with van der Waals surface area (Å²) in [5.41, 5.74) is 2.34. The van der Waals surface area contributed by atoms with Crippen LogP contribution in [0.5, 0.6) is 0 Å². The highest BCUT2D eigenvalue weighted by Crippen LogP contribution is 2.15. The number of benzene rings is 1. The van der Waals surface area contributed by atoms with Crippen LogP contribution in [0.3, 0.4) is 0 Å². The minimum Gasteiger partial charge on any atom is -0.338 e. The molecular weight excluding hydrogens is 292 g/mol. The van der Waals surface area contributed by atoms with E-state index in [1.54, 1.807) is 6.20 Å². The summed E-state index contributed by atoms with van der Waals surface area (Å²) in [5.74, 6) is 0. The molecule has 0 aromatic heterocycles. The molecule has 0 radical (unpaired) electrons. The molecule has 3 nitrogen and oxygen atoms in total. The first-order valence-corrected chi connectivity index (χ1v) is 6.86. The van der Waals surface area contributed by atoms with Gasteiger partial charge in [-0.15, -0.1) is 0 Å². The van der Waals surface area contributed by atoms with E-state index in [4.69, 9.17) is 0 Å². The summed E-state index contributed by atoms with van der Waals surface area (Å²) in [6, 6.07) is 7.86. The highest BCUT2D eigenvalue weighted by molar-refractivity contribution is 9.10. The van der Waals surface area contributed by atoms with Crippen molar-refractivity contribution in [2.75, 3.05) is 6.54 Å². The molecule has 0 spiro atoms. The van der Waals surface area contributed by atoms with Gasteiger partial charge in [0, 0.05) is 17.2 Å². The second kappa shape index (κ2) is 7.93. The molecular formula is C14H19BrN2O. The van der Waals surface area contributed by atoms with E-state index < -0.39 is 0 Å². The lowest BCUT2D eigenvalue weighted by Crippen LogP contribution is -2.33. The van der Waals surface area contributed by atoms with E-state index in [2.05, 4.69) is 33.5 Å². The monoisotopic (exact) mass is 310 g/mol. The quantitative estimate of drug-likeness (QED) is 0.857. The van der Waals surface area contributed by atoms with Gasteiger partial charge in [-0.25, -0.2) is 4.79 Å². The van der Waals surface area contributed by atoms with Crippen molar-refractivity contribution < 1.29 is 4.79 Å². The van der Waals surface area contributed by atoms with Crippen LogP contribution < -0.4 is 10.6 Å². The smallest absolute Gasteiger partial charge is 0.318 e. The fraction of sp³-hybridized carbons (Fsp3) is 0.357. The second-order valence-electron chi connectivity index (χ2n) is 4.09. The molecule has 98 valence electrons. The molecule has 0 heterocycles. The van der Waals surface area contributed by atoms with E-state index in [-0.39, 0.29) is 6.03 Å². The molecule has 1 aromatic rings. The summed E-state index contributed by atoms with van der Waals surface area (Å²) in [4.78, 5) is 11.5. The minimum absolute atomic E-state index is 0.158. The Kier molecular flexibility index (Phi) is 6.50. The van der Waals surface area contributed by atoms with Crippen molar-refractivity contribution in [2.24, 2.45) is 0 Å². The van der Waals surface area contributed by atoms with Crippen molar-refractivity contribution in [3.63, 3.8) is 0 Å². The van der Waals surface area contributed by atoms with Crippen molar-refractivity contribution in [1.82, 2.24) is 10.6 Å². The molecule has 0 aliphatic heterocycles. The Bertz CT molecular complexity index is 430. The first-order chi connectivity index (χ1) is 8.63. The van der Waals surface area contributed by atoms with E-state index >= 15 is 0 Å². The highest BCUT2D eigenvalue weighted by atomic mass is 79.9. The van der Waals surface area contributed by atoms with Crippen molar-refractivity contribution in [3.05, 3.63) is 46.1 Å². The fourth-order valence-corrected chi connectivity index (χ4v) is 1.84. The molecule has 1 rings (SSSR count). The standard InChI is InChI=1S/C14H19BrN2O/c1-3-11(2)10-17-14(18)16-9-8-12-6-4-5-7-13(12)15/h4-7,10H,3,8-9H2,1-2H3,(H2,16,17,18)/b11-10+. The zero-order valence-electron chi connectivity index (χ0n) is 10.8. The zero-order chi connectivity index (χ0) is 13.4. The van der Waals surface area contributed by atoms with Gasteiger partial charge in [0.2, 0.25) is 0 Å². The topological polar surface area (TPSA) is 41.1 Å². The van der Waals surface area contributed by atoms with Gasteiger partial charge in [-0.1, -0.05) is 46.6 Å². The van der Waals surface area contributed by atoms with E-state index in [0.717, 1.165) is 22.9 Å². The molecule has 0 fully saturated rings. The number of carbonyl (C=O) groups is 1. The lowest BCUT2D eigenvalue weighted by molar-refractivity contribution is 0.244. The van der Waals surface area contributed by atoms with Gasteiger partial charge < -0.3 is 10.6 Å². The van der Waals surface area contributed by atoms with Crippen LogP contribution in [0, 0.1) is 0 Å². The summed E-state index contributed by atoms with van der Waals surface area (Å²) in [6.45, 7) is 4.66. The third-order valence-electron chi connectivity index (χ3n) is 2.65. The Morgan fingerprint density at radius 3 is 2.78 bits per heavy atom. The van der Waals surface area contributed by atoms with E-state index in [0.29, 0.717) is 6.54 Å². The average Bonchev–Trinajstić information content (AvgIpc) is 2.38. The summed E-state index contributed by atoms with van der Waals surface area (Å²) in [6.07, 6.45) is 3.50. The van der Waals surface area contributed by atoms with Crippen molar-refractivity contribution in [1.29, 1.82) is 0 Å². The number of halogens is 1. The van der Waals surface area contributed by atoms with E-state index in [9.17, 15) is 4.79 Å². The van der Waals surface area contributed by atoms with Crippen molar-refractivity contribution in [2.45, 2.75) is 26.7 Å². The molecule has 18 heavy (non-hydrogen) atoms. The lowest BCUT2D eigenvalue weighted by Gasteiger charge is -2.06. The largest absolute Gasteiger partial charge is 0.338 e. The number of hydrogen-bond acceptors (Lipinski definition) is 1. The van der Waals surface area contributed by atoms with Crippen LogP contribution in [0.15, 0.2) is 40.5 Å². The van der Waals surface area contributed by atoms with Crippen LogP contribution in [0.1, 0.15) is 25.8 Å². The predicted octanol–water partition coefficient (Wildman–Crippen LogP) is 3.60. The number of urea groups is 1. The number of hydrogen-bond donors (Lipinski definition) is 2. The van der Waals surface area contributed by atoms with Gasteiger partial charge in [0.1, 0.15) is 0 Å². The van der Waals surface area contributed by atoms with Crippen molar-refractivity contribution >= 4 is 22.0 Å². The van der Waals surface area contributed by atoms with Gasteiger partial charge in [-0.05, 0) is 31.4 Å². The van der Waals surface area contributed by atoms with Crippen LogP contribution in [-0.2, 0) is 6.42 Å². The molecule has 2 N–H and O–H groups in total. The summed E-state index contributed by atoms with van der Waals surface area (Å²) in [7, 11) is 0. The number of allylic oxidation sites excluding steroid dienone is 1. The number of carbonyl (C=O) groups excluding carboxylic acids is 1.